The van der Waals surface area contributed by atoms with Gasteiger partial charge in [-0.1, -0.05) is 25.5 Å². The molecule has 0 fully saturated rings. The van der Waals surface area contributed by atoms with E-state index in [1.54, 1.807) is 14.2 Å². The first-order valence-electron chi connectivity index (χ1n) is 7.45. The molecule has 0 aliphatic heterocycles. The van der Waals surface area contributed by atoms with Crippen LogP contribution < -0.4 is 15.4 Å². The Morgan fingerprint density at radius 2 is 2.10 bits per heavy atom. The third-order valence-corrected chi connectivity index (χ3v) is 2.95. The first kappa shape index (κ1) is 17.3. The predicted molar refractivity (Wildman–Crippen MR) is 86.9 cm³/mol. The fourth-order valence-corrected chi connectivity index (χ4v) is 1.76. The second-order valence-electron chi connectivity index (χ2n) is 4.69. The summed E-state index contributed by atoms with van der Waals surface area (Å²) in [7, 11) is 3.44. The Labute approximate surface area is 127 Å². The van der Waals surface area contributed by atoms with Gasteiger partial charge in [0.05, 0.1) is 13.2 Å². The summed E-state index contributed by atoms with van der Waals surface area (Å²) in [6.07, 6.45) is 2.23. The first-order valence-corrected chi connectivity index (χ1v) is 7.45. The molecule has 5 nitrogen and oxygen atoms in total. The van der Waals surface area contributed by atoms with Crippen LogP contribution in [0.1, 0.15) is 25.3 Å². The van der Waals surface area contributed by atoms with E-state index in [9.17, 15) is 0 Å². The van der Waals surface area contributed by atoms with Crippen LogP contribution in [0.15, 0.2) is 29.3 Å². The summed E-state index contributed by atoms with van der Waals surface area (Å²) in [5.41, 5.74) is 1.17. The van der Waals surface area contributed by atoms with Gasteiger partial charge in [-0.05, 0) is 24.1 Å². The lowest BCUT2D eigenvalue weighted by atomic mass is 10.2. The molecule has 1 aromatic carbocycles. The lowest BCUT2D eigenvalue weighted by Crippen LogP contribution is -2.38. The van der Waals surface area contributed by atoms with Gasteiger partial charge >= 0.3 is 0 Å². The van der Waals surface area contributed by atoms with Crippen molar-refractivity contribution in [3.05, 3.63) is 29.8 Å². The number of hydrogen-bond donors (Lipinski definition) is 2. The number of aliphatic imine (C=N–C) groups is 1. The minimum Gasteiger partial charge on any atom is -0.494 e. The fourth-order valence-electron chi connectivity index (χ4n) is 1.76. The molecule has 0 heterocycles. The minimum absolute atomic E-state index is 0.654. The van der Waals surface area contributed by atoms with Crippen molar-refractivity contribution >= 4 is 5.96 Å². The van der Waals surface area contributed by atoms with Crippen molar-refractivity contribution in [1.29, 1.82) is 0 Å². The summed E-state index contributed by atoms with van der Waals surface area (Å²) >= 11 is 0. The molecule has 0 unspecified atom stereocenters. The van der Waals surface area contributed by atoms with Crippen LogP contribution in [0.25, 0.3) is 0 Å². The SMILES string of the molecule is CCCCOc1cccc(CNC(=NC)NCCOC)c1. The summed E-state index contributed by atoms with van der Waals surface area (Å²) in [5, 5.41) is 6.45. The summed E-state index contributed by atoms with van der Waals surface area (Å²) in [6, 6.07) is 8.14. The van der Waals surface area contributed by atoms with Crippen LogP contribution >= 0.6 is 0 Å². The number of methoxy groups -OCH3 is 1. The van der Waals surface area contributed by atoms with Crippen LogP contribution in [0.3, 0.4) is 0 Å². The van der Waals surface area contributed by atoms with Crippen LogP contribution in [-0.2, 0) is 11.3 Å². The summed E-state index contributed by atoms with van der Waals surface area (Å²) < 4.78 is 10.7. The molecule has 0 spiro atoms. The Balaban J connectivity index is 2.41. The number of benzene rings is 1. The van der Waals surface area contributed by atoms with Crippen molar-refractivity contribution < 1.29 is 9.47 Å². The number of ether oxygens (including phenoxy) is 2. The molecule has 0 radical (unpaired) electrons. The molecule has 0 amide bonds. The van der Waals surface area contributed by atoms with E-state index in [-0.39, 0.29) is 0 Å². The van der Waals surface area contributed by atoms with E-state index in [1.165, 1.54) is 5.56 Å². The normalized spacial score (nSPS) is 11.3. The largest absolute Gasteiger partial charge is 0.494 e. The van der Waals surface area contributed by atoms with Gasteiger partial charge in [-0.3, -0.25) is 4.99 Å². The van der Waals surface area contributed by atoms with E-state index in [2.05, 4.69) is 34.7 Å². The molecule has 0 bridgehead atoms. The van der Waals surface area contributed by atoms with Gasteiger partial charge < -0.3 is 20.1 Å². The van der Waals surface area contributed by atoms with Gasteiger partial charge in [-0.25, -0.2) is 0 Å². The Morgan fingerprint density at radius 1 is 1.24 bits per heavy atom. The molecule has 0 saturated carbocycles. The minimum atomic E-state index is 0.654. The fraction of sp³-hybridized carbons (Fsp3) is 0.562. The van der Waals surface area contributed by atoms with Gasteiger partial charge in [0.25, 0.3) is 0 Å². The van der Waals surface area contributed by atoms with Crippen molar-refractivity contribution in [2.24, 2.45) is 4.99 Å². The smallest absolute Gasteiger partial charge is 0.191 e. The number of hydrogen-bond acceptors (Lipinski definition) is 3. The average Bonchev–Trinajstić information content (AvgIpc) is 2.51. The second kappa shape index (κ2) is 11.0. The summed E-state index contributed by atoms with van der Waals surface area (Å²) in [6.45, 7) is 5.02. The van der Waals surface area contributed by atoms with Crippen LogP contribution in [0.4, 0.5) is 0 Å². The average molecular weight is 293 g/mol. The Bertz CT molecular complexity index is 422. The van der Waals surface area contributed by atoms with E-state index in [0.29, 0.717) is 13.2 Å². The van der Waals surface area contributed by atoms with Crippen LogP contribution in [0.2, 0.25) is 0 Å². The molecule has 0 atom stereocenters. The van der Waals surface area contributed by atoms with E-state index in [4.69, 9.17) is 9.47 Å². The highest BCUT2D eigenvalue weighted by atomic mass is 16.5. The van der Waals surface area contributed by atoms with Crippen molar-refractivity contribution in [1.82, 2.24) is 10.6 Å². The molecule has 0 saturated heterocycles. The molecule has 5 heteroatoms. The standard InChI is InChI=1S/C16H27N3O2/c1-4-5-10-21-15-8-6-7-14(12-15)13-19-16(17-2)18-9-11-20-3/h6-8,12H,4-5,9-11,13H2,1-3H3,(H2,17,18,19). The van der Waals surface area contributed by atoms with Crippen molar-refractivity contribution in [3.8, 4) is 5.75 Å². The molecule has 118 valence electrons. The molecule has 0 aliphatic rings. The molecule has 1 aromatic rings. The van der Waals surface area contributed by atoms with Gasteiger partial charge in [0.15, 0.2) is 5.96 Å². The Morgan fingerprint density at radius 3 is 2.81 bits per heavy atom. The number of guanidine groups is 1. The summed E-state index contributed by atoms with van der Waals surface area (Å²) in [4.78, 5) is 4.17. The van der Waals surface area contributed by atoms with Crippen molar-refractivity contribution in [3.63, 3.8) is 0 Å². The van der Waals surface area contributed by atoms with Gasteiger partial charge in [0.2, 0.25) is 0 Å². The maximum absolute atomic E-state index is 5.71. The monoisotopic (exact) mass is 293 g/mol. The third kappa shape index (κ3) is 7.56. The predicted octanol–water partition coefficient (Wildman–Crippen LogP) is 2.18. The van der Waals surface area contributed by atoms with Gasteiger partial charge in [-0.2, -0.15) is 0 Å². The lowest BCUT2D eigenvalue weighted by Gasteiger charge is -2.12. The van der Waals surface area contributed by atoms with Crippen molar-refractivity contribution in [2.45, 2.75) is 26.3 Å². The quantitative estimate of drug-likeness (QED) is 0.416. The highest BCUT2D eigenvalue weighted by molar-refractivity contribution is 5.79. The maximum Gasteiger partial charge on any atom is 0.191 e. The number of unbranched alkanes of at least 4 members (excludes halogenated alkanes) is 1. The molecule has 2 N–H and O–H groups in total. The molecule has 0 aliphatic carbocycles. The zero-order valence-corrected chi connectivity index (χ0v) is 13.3. The first-order chi connectivity index (χ1) is 10.3. The highest BCUT2D eigenvalue weighted by Crippen LogP contribution is 2.13. The maximum atomic E-state index is 5.71. The van der Waals surface area contributed by atoms with Crippen LogP contribution in [-0.4, -0.2) is 39.9 Å². The van der Waals surface area contributed by atoms with E-state index in [1.807, 2.05) is 12.1 Å². The van der Waals surface area contributed by atoms with Crippen LogP contribution in [0.5, 0.6) is 5.75 Å². The van der Waals surface area contributed by atoms with E-state index >= 15 is 0 Å². The van der Waals surface area contributed by atoms with E-state index in [0.717, 1.165) is 37.7 Å². The molecule has 1 rings (SSSR count). The Hall–Kier alpha value is -1.75. The highest BCUT2D eigenvalue weighted by Gasteiger charge is 2.00. The topological polar surface area (TPSA) is 54.9 Å². The van der Waals surface area contributed by atoms with Crippen molar-refractivity contribution in [2.75, 3.05) is 33.9 Å². The number of rotatable bonds is 9. The third-order valence-electron chi connectivity index (χ3n) is 2.95. The second-order valence-corrected chi connectivity index (χ2v) is 4.69. The zero-order chi connectivity index (χ0) is 15.3. The zero-order valence-electron chi connectivity index (χ0n) is 13.3. The molecular formula is C16H27N3O2. The lowest BCUT2D eigenvalue weighted by molar-refractivity contribution is 0.203. The van der Waals surface area contributed by atoms with Crippen LogP contribution in [0, 0.1) is 0 Å². The molecular weight excluding hydrogens is 266 g/mol. The number of nitrogens with zero attached hydrogens (tertiary/aromatic N) is 1. The van der Waals surface area contributed by atoms with E-state index < -0.39 is 0 Å². The van der Waals surface area contributed by atoms with Gasteiger partial charge in [0.1, 0.15) is 5.75 Å². The number of nitrogens with one attached hydrogen (secondary N) is 2. The van der Waals surface area contributed by atoms with Gasteiger partial charge in [-0.15, -0.1) is 0 Å². The van der Waals surface area contributed by atoms with Gasteiger partial charge in [0, 0.05) is 27.2 Å². The molecule has 21 heavy (non-hydrogen) atoms. The Kier molecular flexibility index (Phi) is 9.04. The summed E-state index contributed by atoms with van der Waals surface area (Å²) in [5.74, 6) is 1.69. The molecule has 0 aromatic heterocycles.